The summed E-state index contributed by atoms with van der Waals surface area (Å²) in [5.41, 5.74) is 0.925. The van der Waals surface area contributed by atoms with Gasteiger partial charge in [0.2, 0.25) is 10.0 Å². The van der Waals surface area contributed by atoms with Gasteiger partial charge < -0.3 is 8.83 Å². The van der Waals surface area contributed by atoms with E-state index in [4.69, 9.17) is 8.83 Å². The molecule has 0 saturated carbocycles. The third-order valence-corrected chi connectivity index (χ3v) is 6.77. The minimum Gasteiger partial charge on any atom is -0.466 e. The monoisotopic (exact) mass is 446 g/mol. The summed E-state index contributed by atoms with van der Waals surface area (Å²) < 4.78 is 38.0. The van der Waals surface area contributed by atoms with Gasteiger partial charge in [0.05, 0.1) is 10.5 Å². The number of aromatic nitrogens is 2. The average Bonchev–Trinajstić information content (AvgIpc) is 3.33. The van der Waals surface area contributed by atoms with Crippen LogP contribution in [-0.4, -0.2) is 41.9 Å². The minimum absolute atomic E-state index is 0.0633. The number of benzene rings is 1. The molecular formula is C21H26N4O5S. The highest BCUT2D eigenvalue weighted by molar-refractivity contribution is 7.89. The number of aryl methyl sites for hydroxylation is 2. The third-order valence-electron chi connectivity index (χ3n) is 4.78. The van der Waals surface area contributed by atoms with Crippen molar-refractivity contribution in [1.29, 1.82) is 0 Å². The number of sulfonamides is 1. The number of hydrogen-bond acceptors (Lipinski definition) is 7. The largest absolute Gasteiger partial charge is 0.466 e. The van der Waals surface area contributed by atoms with Gasteiger partial charge in [0.1, 0.15) is 11.5 Å². The third kappa shape index (κ3) is 5.02. The highest BCUT2D eigenvalue weighted by atomic mass is 32.2. The van der Waals surface area contributed by atoms with Gasteiger partial charge in [-0.05, 0) is 50.6 Å². The zero-order chi connectivity index (χ0) is 22.6. The molecule has 0 aliphatic rings. The molecule has 2 aromatic heterocycles. The van der Waals surface area contributed by atoms with Crippen molar-refractivity contribution in [2.75, 3.05) is 18.4 Å². The summed E-state index contributed by atoms with van der Waals surface area (Å²) in [4.78, 5) is 12.7. The summed E-state index contributed by atoms with van der Waals surface area (Å²) in [6.07, 6.45) is 1.69. The van der Waals surface area contributed by atoms with Crippen molar-refractivity contribution in [1.82, 2.24) is 14.5 Å². The molecule has 31 heavy (non-hydrogen) atoms. The number of amides is 1. The molecule has 1 amide bonds. The van der Waals surface area contributed by atoms with E-state index in [-0.39, 0.29) is 22.4 Å². The lowest BCUT2D eigenvalue weighted by Crippen LogP contribution is -2.31. The summed E-state index contributed by atoms with van der Waals surface area (Å²) in [5, 5.41) is 10.3. The molecule has 0 bridgehead atoms. The molecule has 0 spiro atoms. The molecular weight excluding hydrogens is 420 g/mol. The highest BCUT2D eigenvalue weighted by Crippen LogP contribution is 2.26. The maximum atomic E-state index is 12.8. The SMILES string of the molecule is CCCCN(CC)S(=O)(=O)c1ccc(C(=O)Nc2nnc(-c3cc(C)oc3C)o2)cc1. The van der Waals surface area contributed by atoms with E-state index in [1.807, 2.05) is 13.8 Å². The number of rotatable bonds is 9. The second-order valence-electron chi connectivity index (χ2n) is 7.07. The number of unbranched alkanes of at least 4 members (excludes halogenated alkanes) is 1. The van der Waals surface area contributed by atoms with Crippen LogP contribution in [0.5, 0.6) is 0 Å². The number of hydrogen-bond donors (Lipinski definition) is 1. The van der Waals surface area contributed by atoms with E-state index in [2.05, 4.69) is 15.5 Å². The molecule has 3 rings (SSSR count). The Kier molecular flexibility index (Phi) is 6.91. The first-order chi connectivity index (χ1) is 14.8. The summed E-state index contributed by atoms with van der Waals surface area (Å²) in [6, 6.07) is 7.47. The van der Waals surface area contributed by atoms with Crippen LogP contribution in [0.2, 0.25) is 0 Å². The Morgan fingerprint density at radius 1 is 1.10 bits per heavy atom. The molecule has 0 atom stereocenters. The van der Waals surface area contributed by atoms with Gasteiger partial charge in [0.15, 0.2) is 0 Å². The summed E-state index contributed by atoms with van der Waals surface area (Å²) in [5.74, 6) is 1.09. The molecule has 1 aromatic carbocycles. The van der Waals surface area contributed by atoms with Gasteiger partial charge in [-0.3, -0.25) is 10.1 Å². The lowest BCUT2D eigenvalue weighted by atomic mass is 10.2. The molecule has 166 valence electrons. The predicted octanol–water partition coefficient (Wildman–Crippen LogP) is 4.01. The molecule has 10 heteroatoms. The fourth-order valence-corrected chi connectivity index (χ4v) is 4.59. The summed E-state index contributed by atoms with van der Waals surface area (Å²) >= 11 is 0. The number of nitrogens with zero attached hydrogens (tertiary/aromatic N) is 3. The van der Waals surface area contributed by atoms with Gasteiger partial charge in [-0.2, -0.15) is 4.31 Å². The summed E-state index contributed by atoms with van der Waals surface area (Å²) in [6.45, 7) is 8.26. The Balaban J connectivity index is 1.72. The minimum atomic E-state index is -3.60. The zero-order valence-corrected chi connectivity index (χ0v) is 18.8. The Bertz CT molecular complexity index is 1150. The first-order valence-electron chi connectivity index (χ1n) is 10.1. The van der Waals surface area contributed by atoms with Crippen LogP contribution in [0.4, 0.5) is 6.01 Å². The van der Waals surface area contributed by atoms with E-state index in [1.165, 1.54) is 28.6 Å². The molecule has 3 aromatic rings. The Hall–Kier alpha value is -2.98. The molecule has 0 fully saturated rings. The molecule has 0 aliphatic heterocycles. The van der Waals surface area contributed by atoms with Crippen LogP contribution in [0.3, 0.4) is 0 Å². The molecule has 1 N–H and O–H groups in total. The van der Waals surface area contributed by atoms with Crippen LogP contribution in [0.1, 0.15) is 48.6 Å². The van der Waals surface area contributed by atoms with E-state index >= 15 is 0 Å². The average molecular weight is 447 g/mol. The number of nitrogens with one attached hydrogen (secondary N) is 1. The van der Waals surface area contributed by atoms with Gasteiger partial charge in [-0.15, -0.1) is 5.10 Å². The fourth-order valence-electron chi connectivity index (χ4n) is 3.11. The predicted molar refractivity (Wildman–Crippen MR) is 115 cm³/mol. The van der Waals surface area contributed by atoms with Gasteiger partial charge in [-0.25, -0.2) is 8.42 Å². The molecule has 0 radical (unpaired) electrons. The Labute approximate surface area is 181 Å². The summed E-state index contributed by atoms with van der Waals surface area (Å²) in [7, 11) is -3.60. The number of carbonyl (C=O) groups is 1. The van der Waals surface area contributed by atoms with Gasteiger partial charge in [0, 0.05) is 18.7 Å². The number of carbonyl (C=O) groups excluding carboxylic acids is 1. The standard InChI is InChI=1S/C21H26N4O5S/c1-5-7-12-25(6-2)31(27,28)17-10-8-16(9-11-17)19(26)22-21-24-23-20(30-21)18-13-14(3)29-15(18)4/h8-11,13H,5-7,12H2,1-4H3,(H,22,24,26). The van der Waals surface area contributed by atoms with Crippen molar-refractivity contribution in [3.05, 3.63) is 47.4 Å². The van der Waals surface area contributed by atoms with Crippen LogP contribution in [-0.2, 0) is 10.0 Å². The maximum Gasteiger partial charge on any atom is 0.322 e. The first kappa shape index (κ1) is 22.7. The molecule has 2 heterocycles. The second-order valence-corrected chi connectivity index (χ2v) is 9.01. The van der Waals surface area contributed by atoms with E-state index in [9.17, 15) is 13.2 Å². The van der Waals surface area contributed by atoms with Crippen molar-refractivity contribution in [3.63, 3.8) is 0 Å². The lowest BCUT2D eigenvalue weighted by Gasteiger charge is -2.20. The molecule has 0 unspecified atom stereocenters. The van der Waals surface area contributed by atoms with Gasteiger partial charge in [0.25, 0.3) is 11.8 Å². The van der Waals surface area contributed by atoms with Crippen LogP contribution in [0, 0.1) is 13.8 Å². The van der Waals surface area contributed by atoms with Crippen molar-refractivity contribution in [2.24, 2.45) is 0 Å². The van der Waals surface area contributed by atoms with Crippen molar-refractivity contribution < 1.29 is 22.0 Å². The number of anilines is 1. The van der Waals surface area contributed by atoms with Gasteiger partial charge >= 0.3 is 6.01 Å². The van der Waals surface area contributed by atoms with Crippen LogP contribution in [0.15, 0.2) is 44.1 Å². The Morgan fingerprint density at radius 2 is 1.81 bits per heavy atom. The van der Waals surface area contributed by atoms with Crippen molar-refractivity contribution >= 4 is 21.9 Å². The highest BCUT2D eigenvalue weighted by Gasteiger charge is 2.23. The van der Waals surface area contributed by atoms with E-state index in [1.54, 1.807) is 19.9 Å². The molecule has 0 aliphatic carbocycles. The smallest absolute Gasteiger partial charge is 0.322 e. The van der Waals surface area contributed by atoms with Crippen LogP contribution in [0.25, 0.3) is 11.5 Å². The van der Waals surface area contributed by atoms with Crippen molar-refractivity contribution in [2.45, 2.75) is 45.4 Å². The lowest BCUT2D eigenvalue weighted by molar-refractivity contribution is 0.102. The second kappa shape index (κ2) is 9.44. The first-order valence-corrected chi connectivity index (χ1v) is 11.5. The zero-order valence-electron chi connectivity index (χ0n) is 18.0. The van der Waals surface area contributed by atoms with E-state index in [0.29, 0.717) is 30.2 Å². The Morgan fingerprint density at radius 3 is 2.39 bits per heavy atom. The number of furan rings is 1. The fraction of sp³-hybridized carbons (Fsp3) is 0.381. The maximum absolute atomic E-state index is 12.8. The van der Waals surface area contributed by atoms with Crippen molar-refractivity contribution in [3.8, 4) is 11.5 Å². The normalized spacial score (nSPS) is 11.8. The van der Waals surface area contributed by atoms with E-state index in [0.717, 1.165) is 12.8 Å². The van der Waals surface area contributed by atoms with Crippen LogP contribution >= 0.6 is 0 Å². The topological polar surface area (TPSA) is 119 Å². The van der Waals surface area contributed by atoms with Gasteiger partial charge in [-0.1, -0.05) is 25.4 Å². The van der Waals surface area contributed by atoms with Crippen LogP contribution < -0.4 is 5.32 Å². The quantitative estimate of drug-likeness (QED) is 0.527. The molecule has 9 nitrogen and oxygen atoms in total. The molecule has 0 saturated heterocycles. The van der Waals surface area contributed by atoms with E-state index < -0.39 is 15.9 Å².